The Morgan fingerprint density at radius 1 is 0.448 bits per heavy atom. The number of nitrogens with zero attached hydrogens (tertiary/aromatic N) is 20. The number of amides is 6. The molecule has 38 nitrogen and oxygen atoms in total. The van der Waals surface area contributed by atoms with E-state index < -0.39 is 18.5 Å². The molecule has 0 aliphatic heterocycles. The van der Waals surface area contributed by atoms with Crippen molar-refractivity contribution in [2.45, 2.75) is 197 Å². The van der Waals surface area contributed by atoms with E-state index in [-0.39, 0.29) is 135 Å². The van der Waals surface area contributed by atoms with Gasteiger partial charge in [0, 0.05) is 80.8 Å². The van der Waals surface area contributed by atoms with Crippen molar-refractivity contribution in [1.82, 2.24) is 123 Å². The van der Waals surface area contributed by atoms with Gasteiger partial charge in [0.25, 0.3) is 17.7 Å². The molecular formula is C89H109Br2F3IN27O11Zn. The van der Waals surface area contributed by atoms with Crippen LogP contribution in [0.25, 0.3) is 0 Å². The molecular weight excluding hydrogens is 2030 g/mol. The molecule has 11 heterocycles. The van der Waals surface area contributed by atoms with Gasteiger partial charge in [-0.15, -0.1) is 30.6 Å². The number of alkyl halides is 3. The Bertz CT molecular complexity index is 5310. The Labute approximate surface area is 812 Å². The number of pyridine rings is 5. The van der Waals surface area contributed by atoms with Crippen LogP contribution in [0, 0.1) is 10.1 Å². The normalized spacial score (nSPS) is 13.4. The second-order valence-corrected chi connectivity index (χ2v) is 32.7. The molecule has 0 unspecified atom stereocenters. The second-order valence-electron chi connectivity index (χ2n) is 30.6. The number of halogens is 6. The van der Waals surface area contributed by atoms with E-state index in [0.29, 0.717) is 78.1 Å². The van der Waals surface area contributed by atoms with Crippen molar-refractivity contribution in [3.05, 3.63) is 246 Å². The number of methoxy groups -OCH3 is 2. The summed E-state index contributed by atoms with van der Waals surface area (Å²) in [6.07, 6.45) is 27.3. The van der Waals surface area contributed by atoms with E-state index in [1.54, 1.807) is 67.4 Å². The third-order valence-electron chi connectivity index (χ3n) is 19.7. The number of nitrogens with two attached hydrogens (primary N) is 1. The molecule has 5 aliphatic carbocycles. The number of aliphatic hydroxyl groups excluding tert-OH is 1. The van der Waals surface area contributed by atoms with E-state index in [2.05, 4.69) is 181 Å². The fourth-order valence-corrected chi connectivity index (χ4v) is 12.8. The van der Waals surface area contributed by atoms with Gasteiger partial charge >= 0.3 is 41.9 Å². The summed E-state index contributed by atoms with van der Waals surface area (Å²) >= 11 is 9.60. The maximum atomic E-state index is 14.3. The van der Waals surface area contributed by atoms with Crippen LogP contribution in [0.2, 0.25) is 0 Å². The first-order chi connectivity index (χ1) is 64.3. The Morgan fingerprint density at radius 2 is 0.746 bits per heavy atom. The first-order valence-electron chi connectivity index (χ1n) is 42.7. The molecule has 11 aromatic rings. The van der Waals surface area contributed by atoms with Gasteiger partial charge < -0.3 is 59.5 Å². The summed E-state index contributed by atoms with van der Waals surface area (Å²) in [6.45, 7) is 0.0326. The molecule has 5 fully saturated rings. The number of ether oxygens (including phenoxy) is 2. The Kier molecular flexibility index (Phi) is 48.1. The zero-order chi connectivity index (χ0) is 96.0. The number of carbonyl (C=O) groups excluding carboxylic acids is 8. The van der Waals surface area contributed by atoms with Gasteiger partial charge in [-0.1, -0.05) is 31.6 Å². The number of hydrogen-bond donors (Lipinski definition) is 8. The molecule has 11 aromatic heterocycles. The SMILES string of the molecule is CNC(=O)c1cn(C[C@H](F)CCc2ccc(I)nn2)nn1.CNC(=O)c1cn(C[C@H](F)CCc2ccc(NC(=O)Cc3cc(C4CC4)ccn3)nn2)nn1.CNC(=O)c1cn(C[C@H](F)CCc2ccc(NC(=O)Cc3cc(C4CC4)ccn3)nn2)nn1.CO.COC(=O)Cc1cc(Br)ccn1.COC(=O)Cc1cc(C2CC2)ccn1.N.NC(=O)Cc1cc(C2CC2)ccn1.[CH-]1CC1.[Zn+][Br]. The van der Waals surface area contributed by atoms with E-state index >= 15 is 0 Å². The Hall–Kier alpha value is -11.8. The van der Waals surface area contributed by atoms with E-state index in [0.717, 1.165) is 43.8 Å². The molecule has 6 amide bonds. The number of aliphatic hydroxyl groups is 1. The number of rotatable bonds is 34. The fraction of sp³-hybridized carbons (Fsp3) is 0.416. The maximum absolute atomic E-state index is 14.3. The van der Waals surface area contributed by atoms with Gasteiger partial charge in [0.15, 0.2) is 28.7 Å². The topological polar surface area (TPSA) is 530 Å². The van der Waals surface area contributed by atoms with Crippen LogP contribution in [-0.2, 0) is 121 Å². The number of anilines is 2. The van der Waals surface area contributed by atoms with Crippen LogP contribution in [0.5, 0.6) is 0 Å². The molecule has 710 valence electrons. The standard InChI is InChI=1S/2C22H25FN8O2.C12H14FIN6O.C11H13NO2.C10H12N2O.C8H8BrNO2.C3H5.CH4O.BrH.H3N.Zn/c2*1-24-22(33)19-13-31(30-28-19)12-16(23)4-5-17-6-7-20(29-27-17)26-21(32)11-18-10-15(8-9-25-18)14-2-3-14;1-15-12(21)10-7-20(19-17-10)6-8(13)2-3-9-4-5-11(14)18-16-9;1-14-11(13)7-10-6-9(4-5-12-10)8-2-3-8;11-10(13)6-9-5-8(3-4-12-9)7-1-2-7;1-12-8(11)5-7-4-6(9)2-3-10-7;1-2-3-1;1-2;;;/h2*6-10,13-14,16H,2-5,11-12H2,1H3,(H,24,33)(H,26,29,32);4-5,7-8H,2-3,6H2,1H3,(H,15,21);4-6,8H,2-3,7H2,1H3;3-5,7H,1-2,6H2,(H2,11,13);2-4H,5H2,1H3;1H,2-3H2;2H,1H3;1H;1H3;/q;;;;;;-1;;;;+2/p-1/t2*16-;8-;;;;;;;;/m111......../s1. The predicted octanol–water partition coefficient (Wildman–Crippen LogP) is 10.5. The molecule has 0 radical (unpaired) electrons. The van der Waals surface area contributed by atoms with Gasteiger partial charge in [-0.25, -0.2) is 40.1 Å². The molecule has 11 N–H and O–H groups in total. The van der Waals surface area contributed by atoms with Crippen LogP contribution in [0.15, 0.2) is 151 Å². The van der Waals surface area contributed by atoms with Gasteiger partial charge in [0.1, 0.15) is 22.2 Å². The Morgan fingerprint density at radius 3 is 1.01 bits per heavy atom. The average molecular weight is 2140 g/mol. The van der Waals surface area contributed by atoms with Crippen molar-refractivity contribution >= 4 is 111 Å². The van der Waals surface area contributed by atoms with E-state index in [1.807, 2.05) is 60.7 Å². The molecule has 16 rings (SSSR count). The van der Waals surface area contributed by atoms with E-state index in [1.165, 1.54) is 171 Å². The van der Waals surface area contributed by atoms with Crippen LogP contribution in [0.3, 0.4) is 0 Å². The molecule has 134 heavy (non-hydrogen) atoms. The summed E-state index contributed by atoms with van der Waals surface area (Å²) < 4.78 is 57.3. The molecule has 0 bridgehead atoms. The monoisotopic (exact) mass is 2140 g/mol. The van der Waals surface area contributed by atoms with E-state index in [9.17, 15) is 51.5 Å². The summed E-state index contributed by atoms with van der Waals surface area (Å²) in [6, 6.07) is 30.0. The van der Waals surface area contributed by atoms with Gasteiger partial charge in [0.2, 0.25) is 17.7 Å². The number of primary amides is 1. The molecule has 0 spiro atoms. The van der Waals surface area contributed by atoms with Crippen LogP contribution >= 0.6 is 52.1 Å². The van der Waals surface area contributed by atoms with Crippen LogP contribution in [0.4, 0.5) is 24.8 Å². The number of aryl methyl sites for hydroxylation is 3. The van der Waals surface area contributed by atoms with Crippen LogP contribution < -0.4 is 38.5 Å². The number of esters is 2. The van der Waals surface area contributed by atoms with Crippen molar-refractivity contribution in [2.75, 3.05) is 53.1 Å². The summed E-state index contributed by atoms with van der Waals surface area (Å²) in [5.41, 5.74) is 16.3. The van der Waals surface area contributed by atoms with Crippen molar-refractivity contribution in [3.8, 4) is 0 Å². The van der Waals surface area contributed by atoms with Crippen molar-refractivity contribution < 1.29 is 82.5 Å². The van der Waals surface area contributed by atoms with Crippen LogP contribution in [-0.4, -0.2) is 214 Å². The summed E-state index contributed by atoms with van der Waals surface area (Å²) in [5.74, 6) is 0.939. The molecule has 45 heteroatoms. The molecule has 3 atom stereocenters. The number of carbonyl (C=O) groups is 8. The van der Waals surface area contributed by atoms with Crippen LogP contribution in [0.1, 0.15) is 206 Å². The Balaban J connectivity index is 0.000000225. The minimum atomic E-state index is -1.19. The van der Waals surface area contributed by atoms with Crippen molar-refractivity contribution in [3.63, 3.8) is 0 Å². The summed E-state index contributed by atoms with van der Waals surface area (Å²) in [5, 5.41) is 66.1. The second kappa shape index (κ2) is 59.0. The quantitative estimate of drug-likeness (QED) is 0.00804. The first kappa shape index (κ1) is 109. The zero-order valence-corrected chi connectivity index (χ0v) is 83.5. The first-order valence-corrected chi connectivity index (χ1v) is 51.5. The molecule has 5 aliphatic rings. The number of aromatic nitrogens is 20. The van der Waals surface area contributed by atoms with Gasteiger partial charge in [-0.3, -0.25) is 63.3 Å². The summed E-state index contributed by atoms with van der Waals surface area (Å²) in [4.78, 5) is 112. The third kappa shape index (κ3) is 42.2. The van der Waals surface area contributed by atoms with Crippen molar-refractivity contribution in [2.24, 2.45) is 5.73 Å². The predicted molar refractivity (Wildman–Crippen MR) is 500 cm³/mol. The fourth-order valence-electron chi connectivity index (χ4n) is 12.2. The zero-order valence-electron chi connectivity index (χ0n) is 75.2. The van der Waals surface area contributed by atoms with Gasteiger partial charge in [-0.2, -0.15) is 15.3 Å². The third-order valence-corrected chi connectivity index (χ3v) is 20.8. The number of hydrogen-bond acceptors (Lipinski definition) is 29. The number of nitrogens with one attached hydrogen (secondary N) is 5. The summed E-state index contributed by atoms with van der Waals surface area (Å²) in [7, 11) is 8.23. The van der Waals surface area contributed by atoms with Crippen molar-refractivity contribution in [1.29, 1.82) is 0 Å². The molecule has 5 saturated carbocycles. The molecule has 0 saturated heterocycles. The van der Waals surface area contributed by atoms with Gasteiger partial charge in [0.05, 0.1) is 113 Å². The van der Waals surface area contributed by atoms with Gasteiger partial charge in [-0.05, 0) is 255 Å². The average Bonchev–Trinajstić information content (AvgIpc) is 1.70. The van der Waals surface area contributed by atoms with E-state index in [4.69, 9.17) is 10.8 Å². The molecule has 0 aromatic carbocycles. The minimum absolute atomic E-state index is 0.